The summed E-state index contributed by atoms with van der Waals surface area (Å²) in [5, 5.41) is 0. The van der Waals surface area contributed by atoms with Gasteiger partial charge in [-0.15, -0.1) is 0 Å². The smallest absolute Gasteiger partial charge is 0.248 e. The van der Waals surface area contributed by atoms with Crippen molar-refractivity contribution in [2.24, 2.45) is 5.73 Å². The fourth-order valence-corrected chi connectivity index (χ4v) is 2.28. The summed E-state index contributed by atoms with van der Waals surface area (Å²) >= 11 is 0. The number of carbonyl (C=O) groups excluding carboxylic acids is 2. The van der Waals surface area contributed by atoms with Crippen molar-refractivity contribution in [1.29, 1.82) is 0 Å². The molecule has 2 rings (SSSR count). The van der Waals surface area contributed by atoms with Gasteiger partial charge in [0.25, 0.3) is 0 Å². The number of primary amides is 1. The first-order valence-corrected chi connectivity index (χ1v) is 5.46. The molecule has 16 heavy (non-hydrogen) atoms. The molecule has 0 aromatic carbocycles. The second kappa shape index (κ2) is 4.39. The number of carbonyl (C=O) groups is 2. The van der Waals surface area contributed by atoms with Crippen molar-refractivity contribution >= 4 is 11.8 Å². The summed E-state index contributed by atoms with van der Waals surface area (Å²) in [6, 6.07) is 0.120. The maximum absolute atomic E-state index is 11.4. The van der Waals surface area contributed by atoms with E-state index in [1.807, 2.05) is 0 Å². The van der Waals surface area contributed by atoms with Crippen LogP contribution in [0, 0.1) is 0 Å². The molecular weight excluding hydrogens is 210 g/mol. The van der Waals surface area contributed by atoms with E-state index in [1.54, 1.807) is 11.9 Å². The molecule has 0 aromatic heterocycles. The average molecular weight is 227 g/mol. The average Bonchev–Trinajstić information content (AvgIpc) is 2.64. The van der Waals surface area contributed by atoms with Crippen LogP contribution in [0.15, 0.2) is 0 Å². The zero-order valence-electron chi connectivity index (χ0n) is 9.39. The molecular formula is C10H17N3O3. The molecule has 0 saturated carbocycles. The predicted molar refractivity (Wildman–Crippen MR) is 56.5 cm³/mol. The molecule has 0 unspecified atom stereocenters. The highest BCUT2D eigenvalue weighted by atomic mass is 16.5. The van der Waals surface area contributed by atoms with Gasteiger partial charge in [-0.2, -0.15) is 0 Å². The minimum atomic E-state index is -0.291. The molecule has 0 aromatic rings. The van der Waals surface area contributed by atoms with Crippen molar-refractivity contribution in [2.45, 2.75) is 18.6 Å². The summed E-state index contributed by atoms with van der Waals surface area (Å²) in [5.41, 5.74) is 5.11. The SMILES string of the molecule is CN1C(=O)CO[C@H]2CN(CCC(N)=O)C[C@@H]21. The fourth-order valence-electron chi connectivity index (χ4n) is 2.28. The van der Waals surface area contributed by atoms with Gasteiger partial charge in [-0.05, 0) is 0 Å². The van der Waals surface area contributed by atoms with E-state index in [4.69, 9.17) is 10.5 Å². The Kier molecular flexibility index (Phi) is 3.11. The van der Waals surface area contributed by atoms with Crippen LogP contribution in [-0.4, -0.2) is 67.0 Å². The van der Waals surface area contributed by atoms with Crippen LogP contribution in [0.2, 0.25) is 0 Å². The minimum Gasteiger partial charge on any atom is -0.370 e. The van der Waals surface area contributed by atoms with Gasteiger partial charge < -0.3 is 15.4 Å². The Morgan fingerprint density at radius 3 is 3.00 bits per heavy atom. The summed E-state index contributed by atoms with van der Waals surface area (Å²) in [4.78, 5) is 26.0. The lowest BCUT2D eigenvalue weighted by molar-refractivity contribution is -0.150. The Morgan fingerprint density at radius 1 is 1.56 bits per heavy atom. The van der Waals surface area contributed by atoms with Crippen LogP contribution in [0.25, 0.3) is 0 Å². The van der Waals surface area contributed by atoms with Gasteiger partial charge in [0.05, 0.1) is 12.1 Å². The molecule has 2 N–H and O–H groups in total. The van der Waals surface area contributed by atoms with Crippen molar-refractivity contribution in [3.05, 3.63) is 0 Å². The number of hydrogen-bond acceptors (Lipinski definition) is 4. The van der Waals surface area contributed by atoms with Gasteiger partial charge in [0.2, 0.25) is 11.8 Å². The number of hydrogen-bond donors (Lipinski definition) is 1. The lowest BCUT2D eigenvalue weighted by Crippen LogP contribution is -2.51. The Labute approximate surface area is 94.3 Å². The molecule has 90 valence electrons. The fraction of sp³-hybridized carbons (Fsp3) is 0.800. The van der Waals surface area contributed by atoms with Crippen LogP contribution in [-0.2, 0) is 14.3 Å². The van der Waals surface area contributed by atoms with E-state index in [0.717, 1.165) is 13.1 Å². The van der Waals surface area contributed by atoms with E-state index < -0.39 is 0 Å². The number of likely N-dealkylation sites (tertiary alicyclic amines) is 1. The third kappa shape index (κ3) is 2.17. The maximum atomic E-state index is 11.4. The summed E-state index contributed by atoms with van der Waals surface area (Å²) in [7, 11) is 1.81. The van der Waals surface area contributed by atoms with E-state index in [9.17, 15) is 9.59 Å². The highest BCUT2D eigenvalue weighted by molar-refractivity contribution is 5.78. The second-order valence-electron chi connectivity index (χ2n) is 4.40. The first kappa shape index (κ1) is 11.3. The molecule has 0 aliphatic carbocycles. The molecule has 0 bridgehead atoms. The van der Waals surface area contributed by atoms with E-state index >= 15 is 0 Å². The van der Waals surface area contributed by atoms with E-state index in [-0.39, 0.29) is 30.6 Å². The van der Waals surface area contributed by atoms with Gasteiger partial charge in [0.15, 0.2) is 0 Å². The monoisotopic (exact) mass is 227 g/mol. The van der Waals surface area contributed by atoms with Gasteiger partial charge in [-0.1, -0.05) is 0 Å². The Bertz CT molecular complexity index is 308. The largest absolute Gasteiger partial charge is 0.370 e. The zero-order chi connectivity index (χ0) is 11.7. The number of likely N-dealkylation sites (N-methyl/N-ethyl adjacent to an activating group) is 1. The minimum absolute atomic E-state index is 0.0259. The Morgan fingerprint density at radius 2 is 2.31 bits per heavy atom. The molecule has 6 heteroatoms. The van der Waals surface area contributed by atoms with Crippen LogP contribution >= 0.6 is 0 Å². The molecule has 2 amide bonds. The molecule has 2 heterocycles. The molecule has 0 spiro atoms. The van der Waals surface area contributed by atoms with E-state index in [1.165, 1.54) is 0 Å². The lowest BCUT2D eigenvalue weighted by Gasteiger charge is -2.33. The number of amides is 2. The van der Waals surface area contributed by atoms with E-state index in [0.29, 0.717) is 13.0 Å². The van der Waals surface area contributed by atoms with Crippen molar-refractivity contribution in [1.82, 2.24) is 9.80 Å². The molecule has 2 fully saturated rings. The van der Waals surface area contributed by atoms with Crippen LogP contribution in [0.3, 0.4) is 0 Å². The van der Waals surface area contributed by atoms with Crippen LogP contribution in [0.4, 0.5) is 0 Å². The second-order valence-corrected chi connectivity index (χ2v) is 4.40. The summed E-state index contributed by atoms with van der Waals surface area (Å²) in [5.74, 6) is -0.266. The van der Waals surface area contributed by atoms with Crippen LogP contribution in [0.1, 0.15) is 6.42 Å². The number of rotatable bonds is 3. The highest BCUT2D eigenvalue weighted by Crippen LogP contribution is 2.22. The predicted octanol–water partition coefficient (Wildman–Crippen LogP) is -1.60. The van der Waals surface area contributed by atoms with Crippen LogP contribution in [0.5, 0.6) is 0 Å². The van der Waals surface area contributed by atoms with Crippen molar-refractivity contribution in [2.75, 3.05) is 33.3 Å². The first-order chi connectivity index (χ1) is 7.58. The molecule has 2 atom stereocenters. The van der Waals surface area contributed by atoms with Gasteiger partial charge >= 0.3 is 0 Å². The zero-order valence-corrected chi connectivity index (χ0v) is 9.39. The van der Waals surface area contributed by atoms with Crippen molar-refractivity contribution < 1.29 is 14.3 Å². The third-order valence-electron chi connectivity index (χ3n) is 3.30. The molecule has 0 radical (unpaired) electrons. The van der Waals surface area contributed by atoms with Gasteiger partial charge in [0, 0.05) is 33.1 Å². The number of fused-ring (bicyclic) bond motifs is 1. The molecule has 2 aliphatic heterocycles. The maximum Gasteiger partial charge on any atom is 0.248 e. The Balaban J connectivity index is 1.90. The summed E-state index contributed by atoms with van der Waals surface area (Å²) in [6.45, 7) is 2.35. The normalized spacial score (nSPS) is 30.6. The van der Waals surface area contributed by atoms with Crippen molar-refractivity contribution in [3.63, 3.8) is 0 Å². The van der Waals surface area contributed by atoms with Crippen LogP contribution < -0.4 is 5.73 Å². The molecule has 6 nitrogen and oxygen atoms in total. The first-order valence-electron chi connectivity index (χ1n) is 5.46. The van der Waals surface area contributed by atoms with Crippen molar-refractivity contribution in [3.8, 4) is 0 Å². The topological polar surface area (TPSA) is 75.9 Å². The number of ether oxygens (including phenoxy) is 1. The highest BCUT2D eigenvalue weighted by Gasteiger charge is 2.41. The standard InChI is InChI=1S/C10H17N3O3/c1-12-7-4-13(3-2-9(11)14)5-8(7)16-6-10(12)15/h7-8H,2-6H2,1H3,(H2,11,14)/t7-,8-/m0/s1. The molecule has 2 aliphatic rings. The van der Waals surface area contributed by atoms with Gasteiger partial charge in [0.1, 0.15) is 6.61 Å². The number of nitrogens with zero attached hydrogens (tertiary/aromatic N) is 2. The van der Waals surface area contributed by atoms with Gasteiger partial charge in [-0.25, -0.2) is 0 Å². The quantitative estimate of drug-likeness (QED) is 0.630. The Hall–Kier alpha value is -1.14. The molecule has 2 saturated heterocycles. The number of morpholine rings is 1. The van der Waals surface area contributed by atoms with Gasteiger partial charge in [-0.3, -0.25) is 14.5 Å². The lowest BCUT2D eigenvalue weighted by atomic mass is 10.1. The number of nitrogens with two attached hydrogens (primary N) is 1. The third-order valence-corrected chi connectivity index (χ3v) is 3.30. The summed E-state index contributed by atoms with van der Waals surface area (Å²) in [6.07, 6.45) is 0.437. The summed E-state index contributed by atoms with van der Waals surface area (Å²) < 4.78 is 5.47. The van der Waals surface area contributed by atoms with E-state index in [2.05, 4.69) is 4.90 Å².